The van der Waals surface area contributed by atoms with Crippen molar-refractivity contribution in [3.8, 4) is 6.07 Å². The molecule has 0 atom stereocenters. The summed E-state index contributed by atoms with van der Waals surface area (Å²) in [4.78, 5) is 3.49. The van der Waals surface area contributed by atoms with Gasteiger partial charge in [-0.1, -0.05) is 6.07 Å². The molecule has 1 heterocycles. The van der Waals surface area contributed by atoms with Gasteiger partial charge in [0.25, 0.3) is 0 Å². The Bertz CT molecular complexity index is 572. The lowest BCUT2D eigenvalue weighted by atomic mass is 10.1. The molecule has 2 nitrogen and oxygen atoms in total. The number of rotatable bonds is 5. The van der Waals surface area contributed by atoms with Crippen LogP contribution in [0.1, 0.15) is 16.0 Å². The standard InChI is InChI=1S/C15H15FN2S/c1-18(5-4-15-3-2-6-19-15)11-13-7-12(10-17)8-14(16)9-13/h2-3,6-9H,4-5,11H2,1H3. The van der Waals surface area contributed by atoms with E-state index in [1.165, 1.54) is 17.0 Å². The minimum atomic E-state index is -0.347. The predicted octanol–water partition coefficient (Wildman–Crippen LogP) is 3.43. The van der Waals surface area contributed by atoms with Crippen LogP contribution in [0.2, 0.25) is 0 Å². The quantitative estimate of drug-likeness (QED) is 0.835. The number of nitrogens with zero attached hydrogens (tertiary/aromatic N) is 2. The first-order valence-corrected chi connectivity index (χ1v) is 6.96. The summed E-state index contributed by atoms with van der Waals surface area (Å²) in [5.74, 6) is -0.347. The molecule has 0 unspecified atom stereocenters. The number of nitriles is 1. The maximum Gasteiger partial charge on any atom is 0.124 e. The van der Waals surface area contributed by atoms with Gasteiger partial charge in [-0.15, -0.1) is 11.3 Å². The average Bonchev–Trinajstić information content (AvgIpc) is 2.88. The number of halogens is 1. The van der Waals surface area contributed by atoms with Crippen molar-refractivity contribution in [3.05, 3.63) is 57.5 Å². The summed E-state index contributed by atoms with van der Waals surface area (Å²) < 4.78 is 13.3. The zero-order chi connectivity index (χ0) is 13.7. The van der Waals surface area contributed by atoms with Gasteiger partial charge in [0, 0.05) is 18.0 Å². The Labute approximate surface area is 116 Å². The normalized spacial score (nSPS) is 10.6. The first-order valence-electron chi connectivity index (χ1n) is 6.08. The van der Waals surface area contributed by atoms with Crippen LogP contribution in [0.5, 0.6) is 0 Å². The molecule has 0 amide bonds. The van der Waals surface area contributed by atoms with Gasteiger partial charge < -0.3 is 4.90 Å². The first-order chi connectivity index (χ1) is 9.17. The van der Waals surface area contributed by atoms with E-state index in [4.69, 9.17) is 5.26 Å². The molecule has 1 aromatic heterocycles. The second-order valence-electron chi connectivity index (χ2n) is 4.53. The zero-order valence-corrected chi connectivity index (χ0v) is 11.6. The van der Waals surface area contributed by atoms with Crippen molar-refractivity contribution in [2.24, 2.45) is 0 Å². The Hall–Kier alpha value is -1.70. The van der Waals surface area contributed by atoms with Crippen LogP contribution in [-0.2, 0) is 13.0 Å². The molecule has 0 aliphatic rings. The van der Waals surface area contributed by atoms with Gasteiger partial charge in [0.1, 0.15) is 5.82 Å². The maximum absolute atomic E-state index is 13.3. The van der Waals surface area contributed by atoms with Crippen LogP contribution in [0.15, 0.2) is 35.7 Å². The molecule has 4 heteroatoms. The van der Waals surface area contributed by atoms with E-state index < -0.39 is 0 Å². The van der Waals surface area contributed by atoms with Crippen LogP contribution in [0.3, 0.4) is 0 Å². The Morgan fingerprint density at radius 3 is 2.89 bits per heavy atom. The molecule has 0 fully saturated rings. The molecule has 98 valence electrons. The second kappa shape index (κ2) is 6.46. The molecule has 0 aliphatic heterocycles. The van der Waals surface area contributed by atoms with Gasteiger partial charge in [-0.2, -0.15) is 5.26 Å². The highest BCUT2D eigenvalue weighted by Crippen LogP contribution is 2.12. The average molecular weight is 274 g/mol. The van der Waals surface area contributed by atoms with Crippen LogP contribution in [0.25, 0.3) is 0 Å². The third-order valence-electron chi connectivity index (χ3n) is 2.86. The van der Waals surface area contributed by atoms with Gasteiger partial charge in [0.2, 0.25) is 0 Å². The summed E-state index contributed by atoms with van der Waals surface area (Å²) >= 11 is 1.75. The lowest BCUT2D eigenvalue weighted by molar-refractivity contribution is 0.331. The largest absolute Gasteiger partial charge is 0.302 e. The van der Waals surface area contributed by atoms with Crippen LogP contribution in [0, 0.1) is 17.1 Å². The van der Waals surface area contributed by atoms with Crippen LogP contribution in [-0.4, -0.2) is 18.5 Å². The second-order valence-corrected chi connectivity index (χ2v) is 5.56. The van der Waals surface area contributed by atoms with E-state index in [9.17, 15) is 4.39 Å². The molecule has 0 radical (unpaired) electrons. The molecular weight excluding hydrogens is 259 g/mol. The monoisotopic (exact) mass is 274 g/mol. The predicted molar refractivity (Wildman–Crippen MR) is 75.5 cm³/mol. The topological polar surface area (TPSA) is 27.0 Å². The highest BCUT2D eigenvalue weighted by Gasteiger charge is 2.05. The molecule has 1 aromatic carbocycles. The highest BCUT2D eigenvalue weighted by atomic mass is 32.1. The van der Waals surface area contributed by atoms with Gasteiger partial charge in [0.15, 0.2) is 0 Å². The molecule has 0 saturated heterocycles. The minimum absolute atomic E-state index is 0.347. The van der Waals surface area contributed by atoms with E-state index in [2.05, 4.69) is 16.3 Å². The van der Waals surface area contributed by atoms with Gasteiger partial charge in [-0.3, -0.25) is 0 Å². The van der Waals surface area contributed by atoms with Gasteiger partial charge in [-0.25, -0.2) is 4.39 Å². The summed E-state index contributed by atoms with van der Waals surface area (Å²) in [6.45, 7) is 1.57. The fourth-order valence-electron chi connectivity index (χ4n) is 1.95. The van der Waals surface area contributed by atoms with Crippen molar-refractivity contribution in [3.63, 3.8) is 0 Å². The summed E-state index contributed by atoms with van der Waals surface area (Å²) in [5.41, 5.74) is 1.21. The van der Waals surface area contributed by atoms with E-state index in [-0.39, 0.29) is 5.82 Å². The lowest BCUT2D eigenvalue weighted by Gasteiger charge is -2.16. The van der Waals surface area contributed by atoms with E-state index in [0.717, 1.165) is 18.5 Å². The molecule has 0 spiro atoms. The molecule has 0 N–H and O–H groups in total. The van der Waals surface area contributed by atoms with E-state index in [0.29, 0.717) is 12.1 Å². The summed E-state index contributed by atoms with van der Waals surface area (Å²) in [5, 5.41) is 10.9. The fraction of sp³-hybridized carbons (Fsp3) is 0.267. The molecule has 0 aliphatic carbocycles. The van der Waals surface area contributed by atoms with Crippen LogP contribution in [0.4, 0.5) is 4.39 Å². The molecule has 2 rings (SSSR count). The van der Waals surface area contributed by atoms with Crippen molar-refractivity contribution in [1.29, 1.82) is 5.26 Å². The molecule has 2 aromatic rings. The van der Waals surface area contributed by atoms with Crippen molar-refractivity contribution >= 4 is 11.3 Å². The van der Waals surface area contributed by atoms with Gasteiger partial charge in [0.05, 0.1) is 11.6 Å². The van der Waals surface area contributed by atoms with Crippen LogP contribution >= 0.6 is 11.3 Å². The Morgan fingerprint density at radius 1 is 1.37 bits per heavy atom. The molecule has 0 saturated carbocycles. The number of hydrogen-bond donors (Lipinski definition) is 0. The Balaban J connectivity index is 1.93. The summed E-state index contributed by atoms with van der Waals surface area (Å²) in [6.07, 6.45) is 0.995. The fourth-order valence-corrected chi connectivity index (χ4v) is 2.65. The van der Waals surface area contributed by atoms with E-state index in [1.54, 1.807) is 17.4 Å². The third kappa shape index (κ3) is 4.16. The highest BCUT2D eigenvalue weighted by molar-refractivity contribution is 7.09. The molecule has 0 bridgehead atoms. The van der Waals surface area contributed by atoms with E-state index >= 15 is 0 Å². The zero-order valence-electron chi connectivity index (χ0n) is 10.8. The van der Waals surface area contributed by atoms with Gasteiger partial charge >= 0.3 is 0 Å². The third-order valence-corrected chi connectivity index (χ3v) is 3.80. The summed E-state index contributed by atoms with van der Waals surface area (Å²) in [6, 6.07) is 10.6. The number of benzene rings is 1. The van der Waals surface area contributed by atoms with E-state index in [1.807, 2.05) is 19.2 Å². The molecular formula is C15H15FN2S. The van der Waals surface area contributed by atoms with Crippen molar-refractivity contribution < 1.29 is 4.39 Å². The number of likely N-dealkylation sites (N-methyl/N-ethyl adjacent to an activating group) is 1. The summed E-state index contributed by atoms with van der Waals surface area (Å²) in [7, 11) is 2.00. The Kier molecular flexibility index (Phi) is 4.67. The number of thiophene rings is 1. The Morgan fingerprint density at radius 2 is 2.21 bits per heavy atom. The smallest absolute Gasteiger partial charge is 0.124 e. The minimum Gasteiger partial charge on any atom is -0.302 e. The molecule has 19 heavy (non-hydrogen) atoms. The number of hydrogen-bond acceptors (Lipinski definition) is 3. The van der Waals surface area contributed by atoms with Gasteiger partial charge in [-0.05, 0) is 48.7 Å². The van der Waals surface area contributed by atoms with Crippen LogP contribution < -0.4 is 0 Å². The lowest BCUT2D eigenvalue weighted by Crippen LogP contribution is -2.20. The van der Waals surface area contributed by atoms with Crippen molar-refractivity contribution in [1.82, 2.24) is 4.90 Å². The SMILES string of the molecule is CN(CCc1cccs1)Cc1cc(F)cc(C#N)c1. The first kappa shape index (κ1) is 13.7. The van der Waals surface area contributed by atoms with Crippen molar-refractivity contribution in [2.45, 2.75) is 13.0 Å². The van der Waals surface area contributed by atoms with Crippen molar-refractivity contribution in [2.75, 3.05) is 13.6 Å². The maximum atomic E-state index is 13.3.